The van der Waals surface area contributed by atoms with Crippen LogP contribution in [0.15, 0.2) is 22.7 Å². The number of carbonyl (C=O) groups is 1. The van der Waals surface area contributed by atoms with E-state index in [1.54, 1.807) is 18.2 Å². The zero-order valence-corrected chi connectivity index (χ0v) is 14.7. The normalized spacial score (nSPS) is 11.8. The van der Waals surface area contributed by atoms with Crippen LogP contribution in [-0.2, 0) is 21.3 Å². The molecule has 136 valence electrons. The molecule has 0 fully saturated rings. The van der Waals surface area contributed by atoms with Crippen molar-refractivity contribution in [2.24, 2.45) is 0 Å². The van der Waals surface area contributed by atoms with Crippen molar-refractivity contribution in [2.45, 2.75) is 5.75 Å². The van der Waals surface area contributed by atoms with E-state index in [1.807, 2.05) is 0 Å². The van der Waals surface area contributed by atoms with Crippen LogP contribution in [0.2, 0.25) is 0 Å². The molecule has 1 amide bonds. The Bertz CT molecular complexity index is 749. The fourth-order valence-corrected chi connectivity index (χ4v) is 2.89. The molecule has 0 aliphatic carbocycles. The molecule has 9 nitrogen and oxygen atoms in total. The molecule has 25 heavy (non-hydrogen) atoms. The molecule has 0 bridgehead atoms. The summed E-state index contributed by atoms with van der Waals surface area (Å²) in [6.07, 6.45) is 0. The molecule has 1 aromatic carbocycles. The van der Waals surface area contributed by atoms with Crippen LogP contribution in [0.1, 0.15) is 5.82 Å². The van der Waals surface area contributed by atoms with Gasteiger partial charge in [0, 0.05) is 22.9 Å². The summed E-state index contributed by atoms with van der Waals surface area (Å²) in [4.78, 5) is 15.6. The smallest absolute Gasteiger partial charge is 0.258 e. The predicted octanol–water partition coefficient (Wildman–Crippen LogP) is 0.111. The minimum absolute atomic E-state index is 0.0106. The van der Waals surface area contributed by atoms with E-state index >= 15 is 0 Å². The molecule has 2 N–H and O–H groups in total. The largest absolute Gasteiger partial charge is 0.493 e. The van der Waals surface area contributed by atoms with Gasteiger partial charge in [0.2, 0.25) is 5.91 Å². The van der Waals surface area contributed by atoms with Crippen LogP contribution in [0.3, 0.4) is 0 Å². The molecule has 0 spiro atoms. The van der Waals surface area contributed by atoms with E-state index in [9.17, 15) is 9.00 Å². The molecule has 0 aliphatic rings. The summed E-state index contributed by atoms with van der Waals surface area (Å²) in [5.41, 5.74) is 0.628. The summed E-state index contributed by atoms with van der Waals surface area (Å²) in [6, 6.07) is 5.13. The minimum atomic E-state index is -1.48. The lowest BCUT2D eigenvalue weighted by atomic mass is 10.2. The maximum atomic E-state index is 11.9. The Morgan fingerprint density at radius 3 is 2.76 bits per heavy atom. The number of aliphatic hydroxyl groups is 1. The average Bonchev–Trinajstić information content (AvgIpc) is 3.07. The molecule has 0 aliphatic heterocycles. The van der Waals surface area contributed by atoms with Gasteiger partial charge in [-0.2, -0.15) is 4.98 Å². The first-order chi connectivity index (χ1) is 12.1. The van der Waals surface area contributed by atoms with Crippen molar-refractivity contribution in [2.75, 3.05) is 33.1 Å². The maximum Gasteiger partial charge on any atom is 0.258 e. The number of nitrogens with one attached hydrogen (secondary N) is 1. The van der Waals surface area contributed by atoms with E-state index in [0.29, 0.717) is 17.1 Å². The van der Waals surface area contributed by atoms with Crippen molar-refractivity contribution in [3.05, 3.63) is 24.0 Å². The van der Waals surface area contributed by atoms with Gasteiger partial charge in [0.15, 0.2) is 17.3 Å². The van der Waals surface area contributed by atoms with Crippen molar-refractivity contribution < 1.29 is 28.1 Å². The van der Waals surface area contributed by atoms with Gasteiger partial charge in [-0.1, -0.05) is 5.16 Å². The van der Waals surface area contributed by atoms with Gasteiger partial charge < -0.3 is 24.4 Å². The van der Waals surface area contributed by atoms with Gasteiger partial charge in [-0.15, -0.1) is 0 Å². The molecule has 1 atom stereocenters. The highest BCUT2D eigenvalue weighted by atomic mass is 32.2. The monoisotopic (exact) mass is 369 g/mol. The molecule has 1 heterocycles. The first-order valence-electron chi connectivity index (χ1n) is 7.35. The molecule has 0 radical (unpaired) electrons. The van der Waals surface area contributed by atoms with Crippen molar-refractivity contribution in [1.82, 2.24) is 15.5 Å². The first kappa shape index (κ1) is 18.9. The molecule has 1 aromatic heterocycles. The quantitative estimate of drug-likeness (QED) is 0.638. The summed E-state index contributed by atoms with van der Waals surface area (Å²) in [6.45, 7) is -0.0421. The zero-order valence-electron chi connectivity index (χ0n) is 13.9. The SMILES string of the molecule is COc1ccc(-c2nc(CS(=O)CC(=O)NCCO)no2)cc1OC. The summed E-state index contributed by atoms with van der Waals surface area (Å²) in [5, 5.41) is 14.8. The topological polar surface area (TPSA) is 124 Å². The van der Waals surface area contributed by atoms with Crippen LogP contribution in [0.4, 0.5) is 0 Å². The van der Waals surface area contributed by atoms with Crippen molar-refractivity contribution in [1.29, 1.82) is 0 Å². The Morgan fingerprint density at radius 2 is 2.08 bits per heavy atom. The van der Waals surface area contributed by atoms with Crippen LogP contribution in [0.25, 0.3) is 11.5 Å². The van der Waals surface area contributed by atoms with Gasteiger partial charge in [-0.3, -0.25) is 9.00 Å². The Balaban J connectivity index is 2.02. The number of rotatable bonds is 9. The Morgan fingerprint density at radius 1 is 1.32 bits per heavy atom. The fraction of sp³-hybridized carbons (Fsp3) is 0.400. The number of ether oxygens (including phenoxy) is 2. The molecule has 10 heteroatoms. The van der Waals surface area contributed by atoms with Crippen LogP contribution < -0.4 is 14.8 Å². The highest BCUT2D eigenvalue weighted by molar-refractivity contribution is 7.84. The third kappa shape index (κ3) is 5.26. The number of benzene rings is 1. The lowest BCUT2D eigenvalue weighted by Crippen LogP contribution is -2.30. The van der Waals surface area contributed by atoms with E-state index < -0.39 is 16.7 Å². The van der Waals surface area contributed by atoms with Gasteiger partial charge in [0.1, 0.15) is 5.75 Å². The number of methoxy groups -OCH3 is 2. The molecule has 2 rings (SSSR count). The standard InChI is InChI=1S/C15H19N3O6S/c1-22-11-4-3-10(7-12(11)23-2)15-17-13(18-24-15)8-25(21)9-14(20)16-5-6-19/h3-4,7,19H,5-6,8-9H2,1-2H3,(H,16,20). The van der Waals surface area contributed by atoms with E-state index in [-0.39, 0.29) is 36.4 Å². The predicted molar refractivity (Wildman–Crippen MR) is 89.6 cm³/mol. The van der Waals surface area contributed by atoms with Gasteiger partial charge in [0.05, 0.1) is 26.6 Å². The number of amides is 1. The third-order valence-corrected chi connectivity index (χ3v) is 4.28. The minimum Gasteiger partial charge on any atom is -0.493 e. The van der Waals surface area contributed by atoms with E-state index in [0.717, 1.165) is 0 Å². The molecular weight excluding hydrogens is 350 g/mol. The molecule has 2 aromatic rings. The van der Waals surface area contributed by atoms with Crippen molar-refractivity contribution >= 4 is 16.7 Å². The molecule has 0 saturated heterocycles. The third-order valence-electron chi connectivity index (χ3n) is 3.11. The number of aromatic nitrogens is 2. The number of nitrogens with zero attached hydrogens (tertiary/aromatic N) is 2. The fourth-order valence-electron chi connectivity index (χ4n) is 1.99. The lowest BCUT2D eigenvalue weighted by Gasteiger charge is -2.07. The highest BCUT2D eigenvalue weighted by Gasteiger charge is 2.15. The Labute approximate surface area is 146 Å². The van der Waals surface area contributed by atoms with Gasteiger partial charge >= 0.3 is 0 Å². The van der Waals surface area contributed by atoms with Crippen LogP contribution in [0.5, 0.6) is 11.5 Å². The summed E-state index contributed by atoms with van der Waals surface area (Å²) < 4.78 is 27.5. The number of aliphatic hydroxyl groups excluding tert-OH is 1. The van der Waals surface area contributed by atoms with Gasteiger partial charge in [-0.25, -0.2) is 0 Å². The Hall–Kier alpha value is -2.46. The second-order valence-corrected chi connectivity index (χ2v) is 6.34. The average molecular weight is 369 g/mol. The zero-order chi connectivity index (χ0) is 18.2. The second kappa shape index (κ2) is 9.14. The van der Waals surface area contributed by atoms with Gasteiger partial charge in [0.25, 0.3) is 5.89 Å². The molecule has 1 unspecified atom stereocenters. The van der Waals surface area contributed by atoms with Crippen LogP contribution >= 0.6 is 0 Å². The molecular formula is C15H19N3O6S. The maximum absolute atomic E-state index is 11.9. The van der Waals surface area contributed by atoms with Gasteiger partial charge in [-0.05, 0) is 18.2 Å². The summed E-state index contributed by atoms with van der Waals surface area (Å²) >= 11 is 0. The van der Waals surface area contributed by atoms with E-state index in [4.69, 9.17) is 19.1 Å². The molecule has 0 saturated carbocycles. The first-order valence-corrected chi connectivity index (χ1v) is 8.83. The van der Waals surface area contributed by atoms with E-state index in [1.165, 1.54) is 14.2 Å². The van der Waals surface area contributed by atoms with E-state index in [2.05, 4.69) is 15.5 Å². The number of hydrogen-bond donors (Lipinski definition) is 2. The summed E-state index contributed by atoms with van der Waals surface area (Å²) in [5.74, 6) is 0.959. The van der Waals surface area contributed by atoms with Crippen molar-refractivity contribution in [3.8, 4) is 23.0 Å². The second-order valence-electron chi connectivity index (χ2n) is 4.89. The number of carbonyl (C=O) groups excluding carboxylic acids is 1. The van der Waals surface area contributed by atoms with Crippen LogP contribution in [0, 0.1) is 0 Å². The van der Waals surface area contributed by atoms with Crippen molar-refractivity contribution in [3.63, 3.8) is 0 Å². The summed E-state index contributed by atoms with van der Waals surface area (Å²) in [7, 11) is 1.57. The lowest BCUT2D eigenvalue weighted by molar-refractivity contribution is -0.118. The van der Waals surface area contributed by atoms with Crippen LogP contribution in [-0.4, -0.2) is 58.5 Å². The number of hydrogen-bond acceptors (Lipinski definition) is 8. The Kier molecular flexibility index (Phi) is 6.90. The highest BCUT2D eigenvalue weighted by Crippen LogP contribution is 2.31.